The molecular weight excluding hydrogens is 303 g/mol. The summed E-state index contributed by atoms with van der Waals surface area (Å²) >= 11 is 5.77. The maximum absolute atomic E-state index is 10.6. The van der Waals surface area contributed by atoms with Crippen LogP contribution in [0.2, 0.25) is 0 Å². The quantitative estimate of drug-likeness (QED) is 0.375. The van der Waals surface area contributed by atoms with Gasteiger partial charge in [-0.15, -0.1) is 12.6 Å². The van der Waals surface area contributed by atoms with Gasteiger partial charge in [0.2, 0.25) is 0 Å². The van der Waals surface area contributed by atoms with Crippen molar-refractivity contribution < 1.29 is 4.92 Å². The van der Waals surface area contributed by atoms with Crippen molar-refractivity contribution in [3.8, 4) is 6.07 Å². The van der Waals surface area contributed by atoms with Crippen molar-refractivity contribution in [2.45, 2.75) is 4.90 Å². The van der Waals surface area contributed by atoms with Crippen LogP contribution in [0.5, 0.6) is 0 Å². The normalized spacial score (nSPS) is 9.31. The predicted octanol–water partition coefficient (Wildman–Crippen LogP) is 2.36. The van der Waals surface area contributed by atoms with Gasteiger partial charge in [-0.2, -0.15) is 5.26 Å². The fourth-order valence-electron chi connectivity index (χ4n) is 0.844. The van der Waals surface area contributed by atoms with Gasteiger partial charge in [0.05, 0.1) is 8.49 Å². The molecule has 13 heavy (non-hydrogen) atoms. The van der Waals surface area contributed by atoms with Crippen molar-refractivity contribution in [2.75, 3.05) is 0 Å². The molecule has 0 fully saturated rings. The summed E-state index contributed by atoms with van der Waals surface area (Å²) in [6.07, 6.45) is 0. The Bertz CT molecular complexity index is 414. The molecule has 0 spiro atoms. The molecule has 0 saturated carbocycles. The molecular formula is C7H3IN2O2S. The van der Waals surface area contributed by atoms with Gasteiger partial charge in [-0.25, -0.2) is 0 Å². The van der Waals surface area contributed by atoms with E-state index in [-0.39, 0.29) is 11.3 Å². The van der Waals surface area contributed by atoms with E-state index in [1.54, 1.807) is 18.2 Å². The second-order valence-corrected chi connectivity index (χ2v) is 3.80. The number of hydrogen-bond acceptors (Lipinski definition) is 4. The van der Waals surface area contributed by atoms with E-state index in [1.807, 2.05) is 22.6 Å². The summed E-state index contributed by atoms with van der Waals surface area (Å²) in [5, 5.41) is 19.2. The molecule has 1 aromatic carbocycles. The first kappa shape index (κ1) is 10.3. The van der Waals surface area contributed by atoms with Gasteiger partial charge in [-0.05, 0) is 34.7 Å². The lowest BCUT2D eigenvalue weighted by Crippen LogP contribution is -1.96. The Kier molecular flexibility index (Phi) is 3.11. The summed E-state index contributed by atoms with van der Waals surface area (Å²) in [6, 6.07) is 4.89. The summed E-state index contributed by atoms with van der Waals surface area (Å²) in [7, 11) is 0. The minimum Gasteiger partial charge on any atom is -0.258 e. The molecule has 0 radical (unpaired) electrons. The van der Waals surface area contributed by atoms with E-state index in [1.165, 1.54) is 0 Å². The minimum absolute atomic E-state index is 0.0141. The maximum Gasteiger partial charge on any atom is 0.301 e. The summed E-state index contributed by atoms with van der Waals surface area (Å²) < 4.78 is 0.442. The zero-order valence-corrected chi connectivity index (χ0v) is 9.24. The van der Waals surface area contributed by atoms with Crippen LogP contribution in [0.3, 0.4) is 0 Å². The lowest BCUT2D eigenvalue weighted by Gasteiger charge is -1.99. The van der Waals surface area contributed by atoms with Crippen LogP contribution in [0.25, 0.3) is 0 Å². The largest absolute Gasteiger partial charge is 0.301 e. The van der Waals surface area contributed by atoms with Crippen molar-refractivity contribution in [2.24, 2.45) is 0 Å². The molecule has 1 rings (SSSR count). The second-order valence-electron chi connectivity index (χ2n) is 2.16. The molecule has 0 aliphatic carbocycles. The zero-order valence-electron chi connectivity index (χ0n) is 6.19. The van der Waals surface area contributed by atoms with Crippen molar-refractivity contribution in [3.63, 3.8) is 0 Å². The number of benzene rings is 1. The molecule has 6 heteroatoms. The molecule has 0 atom stereocenters. The first-order chi connectivity index (χ1) is 6.07. The van der Waals surface area contributed by atoms with Crippen molar-refractivity contribution >= 4 is 40.9 Å². The Morgan fingerprint density at radius 1 is 1.62 bits per heavy atom. The number of hydrogen-bond donors (Lipinski definition) is 1. The second kappa shape index (κ2) is 3.93. The van der Waals surface area contributed by atoms with Crippen LogP contribution >= 0.6 is 35.2 Å². The van der Waals surface area contributed by atoms with E-state index in [9.17, 15) is 10.1 Å². The Morgan fingerprint density at radius 3 is 2.62 bits per heavy atom. The Hall–Kier alpha value is -0.810. The van der Waals surface area contributed by atoms with Crippen molar-refractivity contribution in [3.05, 3.63) is 31.4 Å². The molecule has 0 amide bonds. The van der Waals surface area contributed by atoms with Gasteiger partial charge >= 0.3 is 5.69 Å². The smallest absolute Gasteiger partial charge is 0.258 e. The minimum atomic E-state index is -0.569. The number of nitrogens with zero attached hydrogens (tertiary/aromatic N) is 2. The molecule has 4 nitrogen and oxygen atoms in total. The average Bonchev–Trinajstić information content (AvgIpc) is 2.07. The predicted molar refractivity (Wildman–Crippen MR) is 57.8 cm³/mol. The topological polar surface area (TPSA) is 66.9 Å². The summed E-state index contributed by atoms with van der Waals surface area (Å²) in [6.45, 7) is 0. The van der Waals surface area contributed by atoms with Crippen LogP contribution in [-0.2, 0) is 0 Å². The molecule has 0 saturated heterocycles. The fourth-order valence-corrected chi connectivity index (χ4v) is 1.72. The number of nitriles is 1. The molecule has 0 unspecified atom stereocenters. The van der Waals surface area contributed by atoms with Crippen LogP contribution in [-0.4, -0.2) is 4.92 Å². The van der Waals surface area contributed by atoms with E-state index in [0.29, 0.717) is 8.47 Å². The number of nitro groups is 1. The summed E-state index contributed by atoms with van der Waals surface area (Å²) in [5.74, 6) is 0. The van der Waals surface area contributed by atoms with Gasteiger partial charge in [0, 0.05) is 4.90 Å². The SMILES string of the molecule is N#Cc1c(S)ccc(I)c1[N+](=O)[O-]. The number of thiol groups is 1. The highest BCUT2D eigenvalue weighted by atomic mass is 127. The number of nitro benzene ring substituents is 1. The molecule has 1 aromatic rings. The van der Waals surface area contributed by atoms with Gasteiger partial charge in [0.1, 0.15) is 11.6 Å². The van der Waals surface area contributed by atoms with Gasteiger partial charge in [-0.3, -0.25) is 10.1 Å². The average molecular weight is 306 g/mol. The van der Waals surface area contributed by atoms with Crippen LogP contribution in [0.1, 0.15) is 5.56 Å². The lowest BCUT2D eigenvalue weighted by atomic mass is 10.2. The van der Waals surface area contributed by atoms with Gasteiger partial charge in [-0.1, -0.05) is 0 Å². The van der Waals surface area contributed by atoms with Crippen LogP contribution in [0.15, 0.2) is 17.0 Å². The van der Waals surface area contributed by atoms with E-state index in [2.05, 4.69) is 12.6 Å². The molecule has 0 bridgehead atoms. The number of rotatable bonds is 1. The Morgan fingerprint density at radius 2 is 2.23 bits per heavy atom. The molecule has 0 heterocycles. The maximum atomic E-state index is 10.6. The van der Waals surface area contributed by atoms with Crippen molar-refractivity contribution in [1.29, 1.82) is 5.26 Å². The van der Waals surface area contributed by atoms with Crippen molar-refractivity contribution in [1.82, 2.24) is 0 Å². The van der Waals surface area contributed by atoms with E-state index in [0.717, 1.165) is 0 Å². The lowest BCUT2D eigenvalue weighted by molar-refractivity contribution is -0.386. The van der Waals surface area contributed by atoms with E-state index >= 15 is 0 Å². The Balaban J connectivity index is 3.55. The first-order valence-electron chi connectivity index (χ1n) is 3.14. The third-order valence-corrected chi connectivity index (χ3v) is 2.64. The van der Waals surface area contributed by atoms with E-state index in [4.69, 9.17) is 5.26 Å². The summed E-state index contributed by atoms with van der Waals surface area (Å²) in [5.41, 5.74) is -0.157. The fraction of sp³-hybridized carbons (Fsp3) is 0. The third-order valence-electron chi connectivity index (χ3n) is 1.40. The number of halogens is 1. The molecule has 0 N–H and O–H groups in total. The highest BCUT2D eigenvalue weighted by Gasteiger charge is 2.20. The van der Waals surface area contributed by atoms with Gasteiger partial charge in [0.25, 0.3) is 0 Å². The first-order valence-corrected chi connectivity index (χ1v) is 4.66. The van der Waals surface area contributed by atoms with Gasteiger partial charge in [0.15, 0.2) is 0 Å². The zero-order chi connectivity index (χ0) is 10.0. The van der Waals surface area contributed by atoms with Crippen LogP contribution in [0, 0.1) is 25.0 Å². The van der Waals surface area contributed by atoms with Crippen LogP contribution < -0.4 is 0 Å². The van der Waals surface area contributed by atoms with Crippen LogP contribution in [0.4, 0.5) is 5.69 Å². The van der Waals surface area contributed by atoms with E-state index < -0.39 is 4.92 Å². The highest BCUT2D eigenvalue weighted by Crippen LogP contribution is 2.29. The van der Waals surface area contributed by atoms with Gasteiger partial charge < -0.3 is 0 Å². The monoisotopic (exact) mass is 306 g/mol. The standard InChI is InChI=1S/C7H3IN2O2S/c8-5-1-2-6(13)4(3-9)7(5)10(11)12/h1-2,13H. The molecule has 0 aliphatic rings. The Labute approximate surface area is 93.3 Å². The molecule has 66 valence electrons. The summed E-state index contributed by atoms with van der Waals surface area (Å²) in [4.78, 5) is 10.3. The molecule has 0 aromatic heterocycles. The third kappa shape index (κ3) is 1.92. The highest BCUT2D eigenvalue weighted by molar-refractivity contribution is 14.1. The molecule has 0 aliphatic heterocycles.